The van der Waals surface area contributed by atoms with E-state index in [0.717, 1.165) is 5.75 Å². The van der Waals surface area contributed by atoms with Gasteiger partial charge in [0, 0.05) is 4.90 Å². The standard InChI is InChI=1S/C14H15NO2S/c1-2-16-10-6-8-11(9-7-10)17-12-4-3-5-13(18)14(12)15/h3-9,18H,2,15H2,1H3. The second-order valence-electron chi connectivity index (χ2n) is 3.70. The van der Waals surface area contributed by atoms with Crippen molar-refractivity contribution in [3.8, 4) is 17.2 Å². The van der Waals surface area contributed by atoms with Gasteiger partial charge in [0.15, 0.2) is 5.75 Å². The molecule has 2 aromatic carbocycles. The van der Waals surface area contributed by atoms with E-state index in [0.29, 0.717) is 28.7 Å². The Morgan fingerprint density at radius 1 is 1.06 bits per heavy atom. The summed E-state index contributed by atoms with van der Waals surface area (Å²) in [5, 5.41) is 0. The van der Waals surface area contributed by atoms with E-state index < -0.39 is 0 Å². The molecule has 0 aliphatic carbocycles. The molecule has 0 saturated heterocycles. The minimum atomic E-state index is 0.537. The molecule has 94 valence electrons. The number of hydrogen-bond acceptors (Lipinski definition) is 4. The molecule has 2 N–H and O–H groups in total. The van der Waals surface area contributed by atoms with Crippen molar-refractivity contribution in [2.24, 2.45) is 0 Å². The van der Waals surface area contributed by atoms with Crippen molar-refractivity contribution in [2.75, 3.05) is 12.3 Å². The van der Waals surface area contributed by atoms with E-state index in [4.69, 9.17) is 15.2 Å². The highest BCUT2D eigenvalue weighted by Crippen LogP contribution is 2.32. The Bertz CT molecular complexity index is 526. The smallest absolute Gasteiger partial charge is 0.151 e. The third-order valence-corrected chi connectivity index (χ3v) is 2.80. The molecule has 0 fully saturated rings. The van der Waals surface area contributed by atoms with Gasteiger partial charge in [-0.2, -0.15) is 0 Å². The number of rotatable bonds is 4. The monoisotopic (exact) mass is 261 g/mol. The molecular weight excluding hydrogens is 246 g/mol. The van der Waals surface area contributed by atoms with Crippen LogP contribution in [-0.4, -0.2) is 6.61 Å². The van der Waals surface area contributed by atoms with E-state index in [2.05, 4.69) is 12.6 Å². The lowest BCUT2D eigenvalue weighted by atomic mass is 10.3. The van der Waals surface area contributed by atoms with Gasteiger partial charge in [0.25, 0.3) is 0 Å². The van der Waals surface area contributed by atoms with Gasteiger partial charge in [0.05, 0.1) is 12.3 Å². The Morgan fingerprint density at radius 2 is 1.72 bits per heavy atom. The molecule has 0 saturated carbocycles. The molecule has 0 amide bonds. The first-order valence-corrected chi connectivity index (χ1v) is 6.13. The summed E-state index contributed by atoms with van der Waals surface area (Å²) in [6.07, 6.45) is 0. The fourth-order valence-electron chi connectivity index (χ4n) is 1.52. The quantitative estimate of drug-likeness (QED) is 0.651. The molecule has 0 atom stereocenters. The van der Waals surface area contributed by atoms with E-state index in [1.807, 2.05) is 49.4 Å². The minimum absolute atomic E-state index is 0.537. The molecule has 0 heterocycles. The summed E-state index contributed by atoms with van der Waals surface area (Å²) in [7, 11) is 0. The summed E-state index contributed by atoms with van der Waals surface area (Å²) in [5.41, 5.74) is 6.42. The normalized spacial score (nSPS) is 10.1. The van der Waals surface area contributed by atoms with Crippen molar-refractivity contribution in [3.05, 3.63) is 42.5 Å². The second-order valence-corrected chi connectivity index (χ2v) is 4.18. The fraction of sp³-hybridized carbons (Fsp3) is 0.143. The number of ether oxygens (including phenoxy) is 2. The summed E-state index contributed by atoms with van der Waals surface area (Å²) in [5.74, 6) is 2.14. The maximum atomic E-state index is 5.88. The van der Waals surface area contributed by atoms with E-state index >= 15 is 0 Å². The van der Waals surface area contributed by atoms with E-state index in [-0.39, 0.29) is 0 Å². The van der Waals surface area contributed by atoms with Crippen LogP contribution in [0.5, 0.6) is 17.2 Å². The first-order valence-electron chi connectivity index (χ1n) is 5.69. The largest absolute Gasteiger partial charge is 0.494 e. The van der Waals surface area contributed by atoms with Gasteiger partial charge in [-0.1, -0.05) is 6.07 Å². The van der Waals surface area contributed by atoms with E-state index in [1.54, 1.807) is 0 Å². The summed E-state index contributed by atoms with van der Waals surface area (Å²) in [6, 6.07) is 12.9. The molecule has 0 unspecified atom stereocenters. The van der Waals surface area contributed by atoms with Gasteiger partial charge in [-0.3, -0.25) is 0 Å². The zero-order valence-electron chi connectivity index (χ0n) is 10.1. The lowest BCUT2D eigenvalue weighted by Crippen LogP contribution is -1.94. The van der Waals surface area contributed by atoms with Crippen LogP contribution in [0.3, 0.4) is 0 Å². The Labute approximate surface area is 112 Å². The zero-order chi connectivity index (χ0) is 13.0. The summed E-state index contributed by atoms with van der Waals surface area (Å²) in [4.78, 5) is 0.707. The number of anilines is 1. The van der Waals surface area contributed by atoms with Crippen LogP contribution in [0.4, 0.5) is 5.69 Å². The van der Waals surface area contributed by atoms with Gasteiger partial charge < -0.3 is 15.2 Å². The van der Waals surface area contributed by atoms with Crippen molar-refractivity contribution in [2.45, 2.75) is 11.8 Å². The van der Waals surface area contributed by atoms with Gasteiger partial charge in [-0.05, 0) is 43.3 Å². The molecule has 0 bridgehead atoms. The highest BCUT2D eigenvalue weighted by molar-refractivity contribution is 7.80. The highest BCUT2D eigenvalue weighted by atomic mass is 32.1. The molecule has 4 heteroatoms. The van der Waals surface area contributed by atoms with Crippen molar-refractivity contribution in [1.29, 1.82) is 0 Å². The molecule has 18 heavy (non-hydrogen) atoms. The number of hydrogen-bond donors (Lipinski definition) is 2. The Kier molecular flexibility index (Phi) is 3.99. The molecule has 3 nitrogen and oxygen atoms in total. The van der Waals surface area contributed by atoms with Crippen LogP contribution in [0.2, 0.25) is 0 Å². The summed E-state index contributed by atoms with van der Waals surface area (Å²) < 4.78 is 11.1. The average Bonchev–Trinajstić information content (AvgIpc) is 2.38. The molecular formula is C14H15NO2S. The highest BCUT2D eigenvalue weighted by Gasteiger charge is 2.04. The Hall–Kier alpha value is -1.81. The minimum Gasteiger partial charge on any atom is -0.494 e. The van der Waals surface area contributed by atoms with Gasteiger partial charge >= 0.3 is 0 Å². The first-order chi connectivity index (χ1) is 8.70. The first kappa shape index (κ1) is 12.6. The van der Waals surface area contributed by atoms with Crippen LogP contribution in [-0.2, 0) is 0 Å². The number of thiol groups is 1. The maximum absolute atomic E-state index is 5.88. The SMILES string of the molecule is CCOc1ccc(Oc2cccc(S)c2N)cc1. The van der Waals surface area contributed by atoms with E-state index in [9.17, 15) is 0 Å². The van der Waals surface area contributed by atoms with Gasteiger partial charge in [-0.15, -0.1) is 12.6 Å². The van der Waals surface area contributed by atoms with Crippen LogP contribution in [0.15, 0.2) is 47.4 Å². The zero-order valence-corrected chi connectivity index (χ0v) is 11.0. The number of benzene rings is 2. The molecule has 0 radical (unpaired) electrons. The predicted octanol–water partition coefficient (Wildman–Crippen LogP) is 3.75. The van der Waals surface area contributed by atoms with Gasteiger partial charge in [0.1, 0.15) is 11.5 Å². The van der Waals surface area contributed by atoms with Crippen LogP contribution in [0.25, 0.3) is 0 Å². The number of para-hydroxylation sites is 1. The Morgan fingerprint density at radius 3 is 2.39 bits per heavy atom. The fourth-order valence-corrected chi connectivity index (χ4v) is 1.72. The number of nitrogen functional groups attached to an aromatic ring is 1. The Balaban J connectivity index is 2.16. The van der Waals surface area contributed by atoms with Gasteiger partial charge in [0.2, 0.25) is 0 Å². The third-order valence-electron chi connectivity index (χ3n) is 2.41. The van der Waals surface area contributed by atoms with Crippen LogP contribution < -0.4 is 15.2 Å². The third kappa shape index (κ3) is 2.90. The van der Waals surface area contributed by atoms with Crippen LogP contribution in [0, 0.1) is 0 Å². The maximum Gasteiger partial charge on any atom is 0.151 e. The van der Waals surface area contributed by atoms with Crippen molar-refractivity contribution in [3.63, 3.8) is 0 Å². The summed E-state index contributed by atoms with van der Waals surface area (Å²) in [6.45, 7) is 2.60. The average molecular weight is 261 g/mol. The molecule has 0 aliphatic heterocycles. The molecule has 2 rings (SSSR count). The van der Waals surface area contributed by atoms with Crippen LogP contribution >= 0.6 is 12.6 Å². The lowest BCUT2D eigenvalue weighted by Gasteiger charge is -2.10. The van der Waals surface area contributed by atoms with Crippen molar-refractivity contribution in [1.82, 2.24) is 0 Å². The topological polar surface area (TPSA) is 44.5 Å². The van der Waals surface area contributed by atoms with Crippen LogP contribution in [0.1, 0.15) is 6.92 Å². The van der Waals surface area contributed by atoms with Gasteiger partial charge in [-0.25, -0.2) is 0 Å². The van der Waals surface area contributed by atoms with E-state index in [1.165, 1.54) is 0 Å². The predicted molar refractivity (Wildman–Crippen MR) is 75.8 cm³/mol. The molecule has 0 aromatic heterocycles. The number of nitrogens with two attached hydrogens (primary N) is 1. The lowest BCUT2D eigenvalue weighted by molar-refractivity contribution is 0.339. The second kappa shape index (κ2) is 5.69. The molecule has 0 spiro atoms. The summed E-state index contributed by atoms with van der Waals surface area (Å²) >= 11 is 4.25. The molecule has 0 aliphatic rings. The van der Waals surface area contributed by atoms with Crippen molar-refractivity contribution >= 4 is 18.3 Å². The molecule has 2 aromatic rings. The van der Waals surface area contributed by atoms with Crippen molar-refractivity contribution < 1.29 is 9.47 Å².